The minimum absolute atomic E-state index is 0.113. The number of rotatable bonds is 6. The molecule has 0 aliphatic heterocycles. The summed E-state index contributed by atoms with van der Waals surface area (Å²) in [5.74, 6) is 0. The van der Waals surface area contributed by atoms with Gasteiger partial charge in [-0.3, -0.25) is 0 Å². The molecular weight excluding hydrogens is 503 g/mol. The van der Waals surface area contributed by atoms with Gasteiger partial charge in [-0.05, 0) is 54.1 Å². The number of benzene rings is 3. The fraction of sp³-hybridized carbons (Fsp3) is 0.192. The van der Waals surface area contributed by atoms with Crippen molar-refractivity contribution in [3.8, 4) is 28.1 Å². The van der Waals surface area contributed by atoms with Gasteiger partial charge in [0.1, 0.15) is 0 Å². The molecule has 0 aliphatic rings. The van der Waals surface area contributed by atoms with Crippen molar-refractivity contribution < 1.29 is 21.6 Å². The first kappa shape index (κ1) is 26.2. The highest BCUT2D eigenvalue weighted by Gasteiger charge is 2.40. The van der Waals surface area contributed by atoms with Crippen LogP contribution in [0.3, 0.4) is 0 Å². The summed E-state index contributed by atoms with van der Waals surface area (Å²) in [6, 6.07) is 19.0. The maximum Gasteiger partial charge on any atom is 0.435 e. The number of hydrogen-bond acceptors (Lipinski definition) is 5. The number of anilines is 2. The van der Waals surface area contributed by atoms with Crippen molar-refractivity contribution in [1.29, 1.82) is 0 Å². The number of nitrogens with zero attached hydrogens (tertiary/aromatic N) is 4. The molecule has 0 unspecified atom stereocenters. The summed E-state index contributed by atoms with van der Waals surface area (Å²) in [5.41, 5.74) is 1.78. The Balaban J connectivity index is 2.03. The fourth-order valence-corrected chi connectivity index (χ4v) is 4.48. The largest absolute Gasteiger partial charge is 0.435 e. The molecule has 7 nitrogen and oxygen atoms in total. The van der Waals surface area contributed by atoms with Gasteiger partial charge in [0.15, 0.2) is 5.69 Å². The van der Waals surface area contributed by atoms with E-state index in [1.54, 1.807) is 48.5 Å². The third-order valence-electron chi connectivity index (χ3n) is 5.89. The van der Waals surface area contributed by atoms with Crippen molar-refractivity contribution in [1.82, 2.24) is 9.78 Å². The maximum absolute atomic E-state index is 14.4. The normalized spacial score (nSPS) is 12.0. The molecule has 0 amide bonds. The molecule has 37 heavy (non-hydrogen) atoms. The van der Waals surface area contributed by atoms with E-state index >= 15 is 0 Å². The Hall–Kier alpha value is -3.83. The Morgan fingerprint density at radius 2 is 1.22 bits per heavy atom. The number of nitrogens with two attached hydrogens (primary N) is 1. The lowest BCUT2D eigenvalue weighted by molar-refractivity contribution is -0.140. The Morgan fingerprint density at radius 3 is 1.65 bits per heavy atom. The summed E-state index contributed by atoms with van der Waals surface area (Å²) in [5, 5.41) is 9.26. The van der Waals surface area contributed by atoms with E-state index in [2.05, 4.69) is 5.10 Å². The monoisotopic (exact) mass is 529 g/mol. The quantitative estimate of drug-likeness (QED) is 0.380. The summed E-state index contributed by atoms with van der Waals surface area (Å²) in [6.07, 6.45) is -4.75. The summed E-state index contributed by atoms with van der Waals surface area (Å²) >= 11 is 0. The molecule has 1 heterocycles. The molecule has 1 aromatic heterocycles. The van der Waals surface area contributed by atoms with Gasteiger partial charge in [-0.1, -0.05) is 24.3 Å². The minimum atomic E-state index is -4.75. The molecule has 0 radical (unpaired) electrons. The summed E-state index contributed by atoms with van der Waals surface area (Å²) in [7, 11) is 3.41. The lowest BCUT2D eigenvalue weighted by Crippen LogP contribution is -2.11. The van der Waals surface area contributed by atoms with Gasteiger partial charge in [-0.15, -0.1) is 0 Å². The summed E-state index contributed by atoms with van der Waals surface area (Å²) < 4.78 is 67.9. The van der Waals surface area contributed by atoms with Gasteiger partial charge in [0, 0.05) is 50.7 Å². The minimum Gasteiger partial charge on any atom is -0.378 e. The molecule has 0 atom stereocenters. The van der Waals surface area contributed by atoms with Crippen LogP contribution >= 0.6 is 0 Å². The second-order valence-electron chi connectivity index (χ2n) is 8.90. The van der Waals surface area contributed by atoms with Crippen LogP contribution in [0.4, 0.5) is 24.5 Å². The van der Waals surface area contributed by atoms with E-state index in [0.717, 1.165) is 11.4 Å². The standard InChI is InChI=1S/C26H26F3N5O2S/c1-32(2)19-9-5-17(6-10-19)23-24(18-7-15-22(16-8-18)37(30,35)36)34(31-25(23)26(27,28)29)21-13-11-20(12-14-21)33(3)4/h5-16H,1-4H3,(H2,30,35,36). The summed E-state index contributed by atoms with van der Waals surface area (Å²) in [4.78, 5) is 3.57. The van der Waals surface area contributed by atoms with E-state index in [-0.39, 0.29) is 16.2 Å². The van der Waals surface area contributed by atoms with Crippen molar-refractivity contribution in [3.05, 3.63) is 78.5 Å². The highest BCUT2D eigenvalue weighted by atomic mass is 32.2. The predicted molar refractivity (Wildman–Crippen MR) is 139 cm³/mol. The van der Waals surface area contributed by atoms with E-state index in [0.29, 0.717) is 16.8 Å². The Labute approximate surface area is 213 Å². The van der Waals surface area contributed by atoms with Crippen molar-refractivity contribution >= 4 is 21.4 Å². The van der Waals surface area contributed by atoms with Crippen LogP contribution in [0, 0.1) is 0 Å². The van der Waals surface area contributed by atoms with E-state index in [1.807, 2.05) is 38.0 Å². The summed E-state index contributed by atoms with van der Waals surface area (Å²) in [6.45, 7) is 0. The van der Waals surface area contributed by atoms with Crippen LogP contribution in [-0.4, -0.2) is 46.4 Å². The lowest BCUT2D eigenvalue weighted by Gasteiger charge is -2.15. The van der Waals surface area contributed by atoms with E-state index in [1.165, 1.54) is 28.9 Å². The fourth-order valence-electron chi connectivity index (χ4n) is 3.96. The first-order valence-electron chi connectivity index (χ1n) is 11.2. The Kier molecular flexibility index (Phi) is 6.78. The zero-order valence-electron chi connectivity index (χ0n) is 20.7. The van der Waals surface area contributed by atoms with Crippen molar-refractivity contribution in [2.24, 2.45) is 5.14 Å². The molecular formula is C26H26F3N5O2S. The third kappa shape index (κ3) is 5.32. The van der Waals surface area contributed by atoms with Gasteiger partial charge in [-0.2, -0.15) is 18.3 Å². The predicted octanol–water partition coefficient (Wildman–Crippen LogP) is 5.00. The molecule has 194 valence electrons. The molecule has 0 spiro atoms. The average molecular weight is 530 g/mol. The van der Waals surface area contributed by atoms with Crippen LogP contribution < -0.4 is 14.9 Å². The van der Waals surface area contributed by atoms with Gasteiger partial charge >= 0.3 is 6.18 Å². The molecule has 11 heteroatoms. The van der Waals surface area contributed by atoms with Crippen LogP contribution in [0.15, 0.2) is 77.7 Å². The van der Waals surface area contributed by atoms with Crippen LogP contribution in [-0.2, 0) is 16.2 Å². The second kappa shape index (κ2) is 9.56. The molecule has 0 fully saturated rings. The second-order valence-corrected chi connectivity index (χ2v) is 10.5. The molecule has 3 aromatic carbocycles. The number of alkyl halides is 3. The highest BCUT2D eigenvalue weighted by Crippen LogP contribution is 2.44. The maximum atomic E-state index is 14.4. The van der Waals surface area contributed by atoms with E-state index in [9.17, 15) is 21.6 Å². The number of aromatic nitrogens is 2. The van der Waals surface area contributed by atoms with Crippen LogP contribution in [0.2, 0.25) is 0 Å². The number of halogens is 3. The SMILES string of the molecule is CN(C)c1ccc(-c2c(C(F)(F)F)nn(-c3ccc(N(C)C)cc3)c2-c2ccc(S(N)(=O)=O)cc2)cc1. The van der Waals surface area contributed by atoms with Gasteiger partial charge in [-0.25, -0.2) is 18.2 Å². The molecule has 0 aliphatic carbocycles. The van der Waals surface area contributed by atoms with Crippen molar-refractivity contribution in [3.63, 3.8) is 0 Å². The zero-order chi connectivity index (χ0) is 27.1. The van der Waals surface area contributed by atoms with Crippen LogP contribution in [0.25, 0.3) is 28.1 Å². The van der Waals surface area contributed by atoms with Crippen LogP contribution in [0.1, 0.15) is 5.69 Å². The van der Waals surface area contributed by atoms with E-state index in [4.69, 9.17) is 5.14 Å². The van der Waals surface area contributed by atoms with Gasteiger partial charge in [0.05, 0.1) is 16.3 Å². The molecule has 4 rings (SSSR count). The van der Waals surface area contributed by atoms with Gasteiger partial charge in [0.2, 0.25) is 10.0 Å². The van der Waals surface area contributed by atoms with Crippen molar-refractivity contribution in [2.75, 3.05) is 38.0 Å². The number of hydrogen-bond donors (Lipinski definition) is 1. The first-order valence-corrected chi connectivity index (χ1v) is 12.7. The molecule has 0 saturated heterocycles. The van der Waals surface area contributed by atoms with Gasteiger partial charge < -0.3 is 9.80 Å². The van der Waals surface area contributed by atoms with Crippen molar-refractivity contribution in [2.45, 2.75) is 11.1 Å². The smallest absolute Gasteiger partial charge is 0.378 e. The number of sulfonamides is 1. The molecule has 2 N–H and O–H groups in total. The zero-order valence-corrected chi connectivity index (χ0v) is 21.5. The Morgan fingerprint density at radius 1 is 0.757 bits per heavy atom. The van der Waals surface area contributed by atoms with Crippen LogP contribution in [0.5, 0.6) is 0 Å². The molecule has 4 aromatic rings. The number of primary sulfonamides is 1. The van der Waals surface area contributed by atoms with E-state index < -0.39 is 21.9 Å². The molecule has 0 saturated carbocycles. The average Bonchev–Trinajstić information content (AvgIpc) is 3.25. The highest BCUT2D eigenvalue weighted by molar-refractivity contribution is 7.89. The Bertz CT molecular complexity index is 1510. The first-order chi connectivity index (χ1) is 17.3. The topological polar surface area (TPSA) is 84.5 Å². The lowest BCUT2D eigenvalue weighted by atomic mass is 9.98. The third-order valence-corrected chi connectivity index (χ3v) is 6.82. The molecule has 0 bridgehead atoms. The van der Waals surface area contributed by atoms with Gasteiger partial charge in [0.25, 0.3) is 0 Å².